The maximum absolute atomic E-state index is 13.0. The van der Waals surface area contributed by atoms with Crippen molar-refractivity contribution in [3.05, 3.63) is 39.6 Å². The van der Waals surface area contributed by atoms with Crippen LogP contribution in [0.25, 0.3) is 5.69 Å². The Morgan fingerprint density at radius 2 is 2.28 bits per heavy atom. The molecule has 18 heavy (non-hydrogen) atoms. The number of nitrogens with two attached hydrogens (primary N) is 1. The number of rotatable bonds is 2. The summed E-state index contributed by atoms with van der Waals surface area (Å²) in [6.07, 6.45) is 1.40. The molecule has 1 aromatic carbocycles. The van der Waals surface area contributed by atoms with Gasteiger partial charge in [-0.1, -0.05) is 0 Å². The lowest BCUT2D eigenvalue weighted by Crippen LogP contribution is -2.08. The van der Waals surface area contributed by atoms with Gasteiger partial charge in [-0.25, -0.2) is 14.2 Å². The molecule has 0 fully saturated rings. The van der Waals surface area contributed by atoms with Gasteiger partial charge >= 0.3 is 5.97 Å². The summed E-state index contributed by atoms with van der Waals surface area (Å²) in [5.41, 5.74) is 6.51. The number of hydrogen-bond acceptors (Lipinski definition) is 4. The van der Waals surface area contributed by atoms with Crippen molar-refractivity contribution in [2.45, 2.75) is 0 Å². The molecule has 0 saturated carbocycles. The van der Waals surface area contributed by atoms with E-state index in [2.05, 4.69) is 9.72 Å². The highest BCUT2D eigenvalue weighted by atomic mass is 127. The van der Waals surface area contributed by atoms with Crippen LogP contribution in [0, 0.1) is 9.39 Å². The molecule has 0 aliphatic heterocycles. The Morgan fingerprint density at radius 3 is 2.89 bits per heavy atom. The molecule has 1 heterocycles. The smallest absolute Gasteiger partial charge is 0.360 e. The molecule has 0 saturated heterocycles. The molecule has 2 aromatic rings. The number of halogens is 2. The van der Waals surface area contributed by atoms with E-state index in [1.807, 2.05) is 22.6 Å². The molecule has 0 bridgehead atoms. The highest BCUT2D eigenvalue weighted by Gasteiger charge is 2.17. The minimum Gasteiger partial charge on any atom is -0.464 e. The topological polar surface area (TPSA) is 70.1 Å². The molecular formula is C11H9FIN3O2. The van der Waals surface area contributed by atoms with Gasteiger partial charge in [0.15, 0.2) is 5.69 Å². The minimum absolute atomic E-state index is 0.0395. The summed E-state index contributed by atoms with van der Waals surface area (Å²) in [7, 11) is 1.25. The maximum Gasteiger partial charge on any atom is 0.360 e. The van der Waals surface area contributed by atoms with E-state index in [4.69, 9.17) is 5.73 Å². The van der Waals surface area contributed by atoms with Gasteiger partial charge < -0.3 is 10.5 Å². The van der Waals surface area contributed by atoms with Crippen molar-refractivity contribution in [1.29, 1.82) is 0 Å². The molecule has 2 rings (SSSR count). The summed E-state index contributed by atoms with van der Waals surface area (Å²) in [6, 6.07) is 4.25. The Bertz CT molecular complexity index is 612. The number of carbonyl (C=O) groups excluding carboxylic acids is 1. The van der Waals surface area contributed by atoms with E-state index in [1.165, 1.54) is 30.1 Å². The Balaban J connectivity index is 2.52. The van der Waals surface area contributed by atoms with E-state index in [9.17, 15) is 9.18 Å². The van der Waals surface area contributed by atoms with Crippen LogP contribution < -0.4 is 5.73 Å². The summed E-state index contributed by atoms with van der Waals surface area (Å²) in [4.78, 5) is 15.3. The van der Waals surface area contributed by atoms with Crippen molar-refractivity contribution < 1.29 is 13.9 Å². The fourth-order valence-corrected chi connectivity index (χ4v) is 2.22. The summed E-state index contributed by atoms with van der Waals surface area (Å²) in [5.74, 6) is -0.787. The highest BCUT2D eigenvalue weighted by Crippen LogP contribution is 2.23. The van der Waals surface area contributed by atoms with E-state index in [1.54, 1.807) is 6.07 Å². The van der Waals surface area contributed by atoms with Crippen molar-refractivity contribution in [2.75, 3.05) is 12.8 Å². The lowest BCUT2D eigenvalue weighted by molar-refractivity contribution is 0.0596. The van der Waals surface area contributed by atoms with Crippen molar-refractivity contribution in [3.8, 4) is 5.69 Å². The van der Waals surface area contributed by atoms with E-state index >= 15 is 0 Å². The summed E-state index contributed by atoms with van der Waals surface area (Å²) in [6.45, 7) is 0. The van der Waals surface area contributed by atoms with Crippen LogP contribution in [0.1, 0.15) is 10.5 Å². The third-order valence-electron chi connectivity index (χ3n) is 2.35. The molecule has 5 nitrogen and oxygen atoms in total. The number of carbonyl (C=O) groups is 1. The standard InChI is InChI=1S/C11H9FIN3O2/c1-18-11(17)9-10(14)16(5-15-9)8-3-2-6(12)4-7(8)13/h2-5H,14H2,1H3. The first-order valence-corrected chi connectivity index (χ1v) is 5.99. The molecule has 1 aromatic heterocycles. The zero-order valence-electron chi connectivity index (χ0n) is 9.35. The van der Waals surface area contributed by atoms with Gasteiger partial charge in [0.2, 0.25) is 0 Å². The SMILES string of the molecule is COC(=O)c1ncn(-c2ccc(F)cc2I)c1N. The first-order chi connectivity index (χ1) is 8.54. The van der Waals surface area contributed by atoms with Crippen LogP contribution in [0.2, 0.25) is 0 Å². The first-order valence-electron chi connectivity index (χ1n) is 4.91. The Hall–Kier alpha value is -1.64. The van der Waals surface area contributed by atoms with Crippen LogP contribution in [0.3, 0.4) is 0 Å². The van der Waals surface area contributed by atoms with Gasteiger partial charge in [-0.3, -0.25) is 4.57 Å². The van der Waals surface area contributed by atoms with E-state index in [-0.39, 0.29) is 17.3 Å². The van der Waals surface area contributed by atoms with Crippen LogP contribution in [0.15, 0.2) is 24.5 Å². The highest BCUT2D eigenvalue weighted by molar-refractivity contribution is 14.1. The fraction of sp³-hybridized carbons (Fsp3) is 0.0909. The van der Waals surface area contributed by atoms with Crippen LogP contribution in [0.5, 0.6) is 0 Å². The van der Waals surface area contributed by atoms with Gasteiger partial charge in [0.05, 0.1) is 12.8 Å². The number of hydrogen-bond donors (Lipinski definition) is 1. The second-order valence-electron chi connectivity index (χ2n) is 3.44. The molecule has 0 amide bonds. The van der Waals surface area contributed by atoms with Gasteiger partial charge in [-0.05, 0) is 40.8 Å². The monoisotopic (exact) mass is 361 g/mol. The molecule has 7 heteroatoms. The van der Waals surface area contributed by atoms with Gasteiger partial charge in [0, 0.05) is 3.57 Å². The number of aromatic nitrogens is 2. The number of benzene rings is 1. The van der Waals surface area contributed by atoms with Gasteiger partial charge in [-0.2, -0.15) is 0 Å². The van der Waals surface area contributed by atoms with Crippen molar-refractivity contribution >= 4 is 34.4 Å². The first kappa shape index (κ1) is 12.8. The predicted octanol–water partition coefficient (Wildman–Crippen LogP) is 1.98. The molecule has 0 aliphatic rings. The Kier molecular flexibility index (Phi) is 3.50. The number of methoxy groups -OCH3 is 1. The molecule has 0 spiro atoms. The van der Waals surface area contributed by atoms with E-state index in [0.717, 1.165) is 0 Å². The largest absolute Gasteiger partial charge is 0.464 e. The summed E-state index contributed by atoms with van der Waals surface area (Å²) in [5, 5.41) is 0. The minimum atomic E-state index is -0.608. The van der Waals surface area contributed by atoms with Crippen LogP contribution in [-0.4, -0.2) is 22.6 Å². The zero-order valence-corrected chi connectivity index (χ0v) is 11.5. The molecule has 0 aliphatic carbocycles. The number of nitrogens with zero attached hydrogens (tertiary/aromatic N) is 2. The number of imidazole rings is 1. The van der Waals surface area contributed by atoms with Crippen LogP contribution in [0.4, 0.5) is 10.2 Å². The second-order valence-corrected chi connectivity index (χ2v) is 4.60. The average molecular weight is 361 g/mol. The van der Waals surface area contributed by atoms with Crippen LogP contribution >= 0.6 is 22.6 Å². The normalized spacial score (nSPS) is 10.4. The van der Waals surface area contributed by atoms with E-state index < -0.39 is 5.97 Å². The zero-order chi connectivity index (χ0) is 13.3. The third-order valence-corrected chi connectivity index (χ3v) is 3.22. The summed E-state index contributed by atoms with van der Waals surface area (Å²) < 4.78 is 19.7. The van der Waals surface area contributed by atoms with Gasteiger partial charge in [-0.15, -0.1) is 0 Å². The molecule has 0 unspecified atom stereocenters. The Morgan fingerprint density at radius 1 is 1.56 bits per heavy atom. The quantitative estimate of drug-likeness (QED) is 0.656. The maximum atomic E-state index is 13.0. The van der Waals surface area contributed by atoms with Crippen molar-refractivity contribution in [1.82, 2.24) is 9.55 Å². The van der Waals surface area contributed by atoms with E-state index in [0.29, 0.717) is 9.26 Å². The van der Waals surface area contributed by atoms with Gasteiger partial charge in [0.25, 0.3) is 0 Å². The van der Waals surface area contributed by atoms with Crippen LogP contribution in [-0.2, 0) is 4.74 Å². The molecule has 0 atom stereocenters. The number of nitrogen functional groups attached to an aromatic ring is 1. The Labute approximate surface area is 116 Å². The molecule has 0 radical (unpaired) electrons. The third kappa shape index (κ3) is 2.17. The molecular weight excluding hydrogens is 352 g/mol. The lowest BCUT2D eigenvalue weighted by Gasteiger charge is -2.07. The fourth-order valence-electron chi connectivity index (χ4n) is 1.48. The lowest BCUT2D eigenvalue weighted by atomic mass is 10.3. The average Bonchev–Trinajstić information content (AvgIpc) is 2.70. The number of anilines is 1. The predicted molar refractivity (Wildman–Crippen MR) is 72.0 cm³/mol. The molecule has 2 N–H and O–H groups in total. The molecule has 94 valence electrons. The van der Waals surface area contributed by atoms with Crippen molar-refractivity contribution in [3.63, 3.8) is 0 Å². The second kappa shape index (κ2) is 4.92. The van der Waals surface area contributed by atoms with Crippen molar-refractivity contribution in [2.24, 2.45) is 0 Å². The summed E-state index contributed by atoms with van der Waals surface area (Å²) >= 11 is 1.98. The number of ether oxygens (including phenoxy) is 1. The van der Waals surface area contributed by atoms with Gasteiger partial charge in [0.1, 0.15) is 18.0 Å². The number of esters is 1.